The molecule has 0 unspecified atom stereocenters. The second kappa shape index (κ2) is 12.9. The summed E-state index contributed by atoms with van der Waals surface area (Å²) in [6, 6.07) is 3.06. The average molecular weight is 604 g/mol. The van der Waals surface area contributed by atoms with Gasteiger partial charge in [0.15, 0.2) is 5.69 Å². The van der Waals surface area contributed by atoms with Gasteiger partial charge in [-0.1, -0.05) is 23.2 Å². The number of aromatic nitrogens is 3. The molecule has 1 aromatic carbocycles. The zero-order chi connectivity index (χ0) is 28.0. The highest BCUT2D eigenvalue weighted by molar-refractivity contribution is 7.13. The van der Waals surface area contributed by atoms with E-state index in [0.29, 0.717) is 30.6 Å². The summed E-state index contributed by atoms with van der Waals surface area (Å²) < 4.78 is 44.5. The molecule has 1 saturated heterocycles. The van der Waals surface area contributed by atoms with E-state index >= 15 is 0 Å². The summed E-state index contributed by atoms with van der Waals surface area (Å²) in [6.07, 6.45) is -2.18. The number of hydrogen-bond acceptors (Lipinski definition) is 9. The molecule has 0 atom stereocenters. The number of carbonyl (C=O) groups excluding carboxylic acids is 2. The molecule has 1 fully saturated rings. The molecule has 0 bridgehead atoms. The molecule has 1 aliphatic heterocycles. The van der Waals surface area contributed by atoms with E-state index in [-0.39, 0.29) is 27.8 Å². The van der Waals surface area contributed by atoms with Crippen LogP contribution in [0.15, 0.2) is 30.7 Å². The van der Waals surface area contributed by atoms with Crippen LogP contribution in [0.3, 0.4) is 0 Å². The maximum Gasteiger partial charge on any atom is 0.417 e. The molecule has 2 amide bonds. The second-order valence-corrected chi connectivity index (χ2v) is 10.1. The van der Waals surface area contributed by atoms with Crippen LogP contribution in [-0.2, 0) is 17.5 Å². The Morgan fingerprint density at radius 3 is 2.62 bits per heavy atom. The Morgan fingerprint density at radius 2 is 1.87 bits per heavy atom. The van der Waals surface area contributed by atoms with Crippen molar-refractivity contribution in [1.29, 1.82) is 0 Å². The first-order valence-corrected chi connectivity index (χ1v) is 13.1. The molecule has 3 aromatic rings. The van der Waals surface area contributed by atoms with Crippen molar-refractivity contribution in [1.82, 2.24) is 25.2 Å². The summed E-state index contributed by atoms with van der Waals surface area (Å²) in [7, 11) is 0. The Kier molecular flexibility index (Phi) is 9.56. The predicted octanol–water partition coefficient (Wildman–Crippen LogP) is 4.19. The van der Waals surface area contributed by atoms with Gasteiger partial charge in [0.1, 0.15) is 27.1 Å². The number of alkyl halides is 3. The number of morpholine rings is 1. The molecular weight excluding hydrogens is 582 g/mol. The number of rotatable bonds is 9. The smallest absolute Gasteiger partial charge is 0.379 e. The second-order valence-electron chi connectivity index (χ2n) is 8.21. The number of nitrogens with zero attached hydrogens (tertiary/aromatic N) is 4. The lowest BCUT2D eigenvalue weighted by atomic mass is 10.2. The fourth-order valence-electron chi connectivity index (χ4n) is 3.56. The topological polar surface area (TPSA) is 121 Å². The Morgan fingerprint density at radius 1 is 1.10 bits per heavy atom. The van der Waals surface area contributed by atoms with Crippen molar-refractivity contribution in [3.8, 4) is 0 Å². The molecule has 39 heavy (non-hydrogen) atoms. The third-order valence-electron chi connectivity index (χ3n) is 5.54. The number of amides is 2. The number of halogens is 5. The van der Waals surface area contributed by atoms with E-state index in [9.17, 15) is 22.8 Å². The molecule has 4 rings (SSSR count). The lowest BCUT2D eigenvalue weighted by Crippen LogP contribution is -2.39. The third-order valence-corrected chi connectivity index (χ3v) is 7.22. The highest BCUT2D eigenvalue weighted by Crippen LogP contribution is 2.36. The van der Waals surface area contributed by atoms with E-state index in [4.69, 9.17) is 27.9 Å². The van der Waals surface area contributed by atoms with Crippen LogP contribution < -0.4 is 16.0 Å². The summed E-state index contributed by atoms with van der Waals surface area (Å²) in [5.74, 6) is -0.901. The summed E-state index contributed by atoms with van der Waals surface area (Å²) in [4.78, 5) is 39.7. The minimum atomic E-state index is -4.67. The van der Waals surface area contributed by atoms with Crippen LogP contribution in [0.2, 0.25) is 10.0 Å². The molecule has 0 spiro atoms. The van der Waals surface area contributed by atoms with Crippen molar-refractivity contribution in [2.75, 3.05) is 50.0 Å². The van der Waals surface area contributed by atoms with Crippen LogP contribution in [0.25, 0.3) is 0 Å². The summed E-state index contributed by atoms with van der Waals surface area (Å²) in [5.41, 5.74) is -1.17. The summed E-state index contributed by atoms with van der Waals surface area (Å²) in [6.45, 7) is 4.35. The van der Waals surface area contributed by atoms with Crippen LogP contribution in [0, 0.1) is 0 Å². The molecular formula is C23H22Cl2F3N7O3S. The first-order valence-electron chi connectivity index (χ1n) is 11.6. The van der Waals surface area contributed by atoms with Gasteiger partial charge in [-0.05, 0) is 18.2 Å². The lowest BCUT2D eigenvalue weighted by Gasteiger charge is -2.26. The maximum absolute atomic E-state index is 13.1. The number of ether oxygens (including phenoxy) is 1. The monoisotopic (exact) mass is 603 g/mol. The minimum Gasteiger partial charge on any atom is -0.379 e. The molecule has 2 aromatic heterocycles. The Labute approximate surface area is 234 Å². The molecule has 16 heteroatoms. The van der Waals surface area contributed by atoms with Gasteiger partial charge in [-0.25, -0.2) is 15.0 Å². The Hall–Kier alpha value is -3.04. The van der Waals surface area contributed by atoms with Gasteiger partial charge in [0.2, 0.25) is 0 Å². The van der Waals surface area contributed by atoms with Gasteiger partial charge in [-0.3, -0.25) is 14.5 Å². The predicted molar refractivity (Wildman–Crippen MR) is 140 cm³/mol. The molecule has 0 radical (unpaired) electrons. The maximum atomic E-state index is 13.1. The van der Waals surface area contributed by atoms with Crippen LogP contribution in [0.5, 0.6) is 0 Å². The van der Waals surface area contributed by atoms with E-state index < -0.39 is 28.6 Å². The van der Waals surface area contributed by atoms with E-state index in [1.807, 2.05) is 0 Å². The molecule has 208 valence electrons. The van der Waals surface area contributed by atoms with Crippen molar-refractivity contribution < 1.29 is 27.5 Å². The number of thiazole rings is 1. The number of nitrogens with one attached hydrogen (secondary N) is 3. The van der Waals surface area contributed by atoms with Crippen LogP contribution in [0.4, 0.5) is 24.7 Å². The van der Waals surface area contributed by atoms with Crippen molar-refractivity contribution in [2.24, 2.45) is 0 Å². The van der Waals surface area contributed by atoms with Gasteiger partial charge < -0.3 is 20.7 Å². The lowest BCUT2D eigenvalue weighted by molar-refractivity contribution is -0.137. The molecule has 3 heterocycles. The SMILES string of the molecule is O=C(Nc1ccc(Cl)c(C(F)(F)F)c1)c1cnc(CNC(=O)c2ncnc(NCCN3CCOCC3)c2Cl)s1. The largest absolute Gasteiger partial charge is 0.417 e. The van der Waals surface area contributed by atoms with E-state index in [1.54, 1.807) is 0 Å². The number of hydrogen-bond donors (Lipinski definition) is 3. The molecule has 10 nitrogen and oxygen atoms in total. The van der Waals surface area contributed by atoms with E-state index in [1.165, 1.54) is 18.6 Å². The summed E-state index contributed by atoms with van der Waals surface area (Å²) >= 11 is 12.9. The average Bonchev–Trinajstić information content (AvgIpc) is 3.39. The third kappa shape index (κ3) is 7.76. The van der Waals surface area contributed by atoms with Gasteiger partial charge in [-0.2, -0.15) is 13.2 Å². The van der Waals surface area contributed by atoms with Gasteiger partial charge >= 0.3 is 6.18 Å². The van der Waals surface area contributed by atoms with Gasteiger partial charge in [-0.15, -0.1) is 11.3 Å². The number of anilines is 2. The fraction of sp³-hybridized carbons (Fsp3) is 0.348. The Bertz CT molecular complexity index is 1340. The normalized spacial score (nSPS) is 14.2. The zero-order valence-electron chi connectivity index (χ0n) is 20.1. The van der Waals surface area contributed by atoms with E-state index in [2.05, 4.69) is 35.8 Å². The standard InChI is InChI=1S/C23H22Cl2F3N7O3S/c24-15-2-1-13(9-14(15)23(26,27)28)34-21(36)16-10-30-17(39-16)11-31-22(37)19-18(25)20(33-12-32-19)29-3-4-35-5-7-38-8-6-35/h1-2,9-10,12H,3-8,11H2,(H,31,37)(H,34,36)(H,29,32,33). The van der Waals surface area contributed by atoms with Crippen molar-refractivity contribution in [2.45, 2.75) is 12.7 Å². The highest BCUT2D eigenvalue weighted by atomic mass is 35.5. The van der Waals surface area contributed by atoms with Gasteiger partial charge in [0, 0.05) is 31.9 Å². The highest BCUT2D eigenvalue weighted by Gasteiger charge is 2.33. The first-order chi connectivity index (χ1) is 18.6. The molecule has 0 aliphatic carbocycles. The van der Waals surface area contributed by atoms with Crippen molar-refractivity contribution in [3.05, 3.63) is 61.9 Å². The van der Waals surface area contributed by atoms with E-state index in [0.717, 1.165) is 43.1 Å². The van der Waals surface area contributed by atoms with Crippen LogP contribution in [0.1, 0.15) is 30.7 Å². The molecule has 0 saturated carbocycles. The van der Waals surface area contributed by atoms with Crippen molar-refractivity contribution in [3.63, 3.8) is 0 Å². The Balaban J connectivity index is 1.31. The zero-order valence-corrected chi connectivity index (χ0v) is 22.5. The van der Waals surface area contributed by atoms with Crippen molar-refractivity contribution >= 4 is 57.9 Å². The number of benzene rings is 1. The quantitative estimate of drug-likeness (QED) is 0.333. The number of carbonyl (C=O) groups is 2. The van der Waals surface area contributed by atoms with Gasteiger partial charge in [0.25, 0.3) is 11.8 Å². The first kappa shape index (κ1) is 29.0. The van der Waals surface area contributed by atoms with Gasteiger partial charge in [0.05, 0.1) is 36.5 Å². The summed E-state index contributed by atoms with van der Waals surface area (Å²) in [5, 5.41) is 8.11. The molecule has 3 N–H and O–H groups in total. The van der Waals surface area contributed by atoms with Crippen LogP contribution in [-0.4, -0.2) is 71.1 Å². The fourth-order valence-corrected chi connectivity index (χ4v) is 4.79. The minimum absolute atomic E-state index is 0.0294. The van der Waals surface area contributed by atoms with Crippen LogP contribution >= 0.6 is 34.5 Å². The molecule has 1 aliphatic rings.